The van der Waals surface area contributed by atoms with Crippen LogP contribution in [0.4, 0.5) is 0 Å². The van der Waals surface area contributed by atoms with E-state index in [0.717, 1.165) is 0 Å². The van der Waals surface area contributed by atoms with E-state index in [-0.39, 0.29) is 0 Å². The van der Waals surface area contributed by atoms with Crippen LogP contribution in [0.1, 0.15) is 31.7 Å². The van der Waals surface area contributed by atoms with Crippen LogP contribution in [0.5, 0.6) is 0 Å². The van der Waals surface area contributed by atoms with Gasteiger partial charge in [-0.2, -0.15) is 0 Å². The van der Waals surface area contributed by atoms with Crippen molar-refractivity contribution in [1.82, 2.24) is 0 Å². The summed E-state index contributed by atoms with van der Waals surface area (Å²) in [5, 5.41) is 2.69. The number of hydrogen-bond acceptors (Lipinski definition) is 0. The molecule has 0 bridgehead atoms. The summed E-state index contributed by atoms with van der Waals surface area (Å²) in [6.07, 6.45) is 1.21. The van der Waals surface area contributed by atoms with Gasteiger partial charge >= 0.3 is 0 Å². The van der Waals surface area contributed by atoms with Gasteiger partial charge in [0, 0.05) is 0 Å². The van der Waals surface area contributed by atoms with E-state index >= 15 is 0 Å². The van der Waals surface area contributed by atoms with Gasteiger partial charge in [-0.1, -0.05) is 56.3 Å². The van der Waals surface area contributed by atoms with Gasteiger partial charge < -0.3 is 0 Å². The average Bonchev–Trinajstić information content (AvgIpc) is 2.27. The quantitative estimate of drug-likeness (QED) is 0.650. The third kappa shape index (κ3) is 1.65. The lowest BCUT2D eigenvalue weighted by Crippen LogP contribution is -1.90. The largest absolute Gasteiger partial charge is 0.0648 e. The number of fused-ring (bicyclic) bond motifs is 1. The predicted octanol–water partition coefficient (Wildman–Crippen LogP) is 4.35. The Labute approximate surface area is 85.6 Å². The molecule has 0 saturated carbocycles. The van der Waals surface area contributed by atoms with Gasteiger partial charge in [0.05, 0.1) is 0 Å². The standard InChI is InChI=1S/C14H16/c1-3-11(2)13-9-8-12-6-4-5-7-14(12)10-13/h4-11H,3H2,1-2H3/t11-/m1/s1. The average molecular weight is 184 g/mol. The molecule has 0 fully saturated rings. The molecule has 2 aromatic carbocycles. The van der Waals surface area contributed by atoms with Gasteiger partial charge in [-0.15, -0.1) is 0 Å². The van der Waals surface area contributed by atoms with Crippen LogP contribution >= 0.6 is 0 Å². The molecule has 0 radical (unpaired) electrons. The van der Waals surface area contributed by atoms with Gasteiger partial charge in [-0.3, -0.25) is 0 Å². The topological polar surface area (TPSA) is 0 Å². The minimum atomic E-state index is 0.666. The maximum Gasteiger partial charge on any atom is -0.0181 e. The Morgan fingerprint density at radius 3 is 2.43 bits per heavy atom. The molecule has 0 spiro atoms. The Morgan fingerprint density at radius 1 is 1.00 bits per heavy atom. The summed E-state index contributed by atoms with van der Waals surface area (Å²) in [4.78, 5) is 0. The molecule has 0 saturated heterocycles. The van der Waals surface area contributed by atoms with Crippen molar-refractivity contribution in [2.45, 2.75) is 26.2 Å². The fraction of sp³-hybridized carbons (Fsp3) is 0.286. The lowest BCUT2D eigenvalue weighted by Gasteiger charge is -2.09. The van der Waals surface area contributed by atoms with Crippen molar-refractivity contribution in [3.8, 4) is 0 Å². The van der Waals surface area contributed by atoms with Crippen molar-refractivity contribution in [3.05, 3.63) is 48.0 Å². The maximum absolute atomic E-state index is 2.31. The third-order valence-corrected chi connectivity index (χ3v) is 2.95. The first-order valence-electron chi connectivity index (χ1n) is 5.30. The summed E-state index contributed by atoms with van der Waals surface area (Å²) in [5.74, 6) is 0.666. The smallest absolute Gasteiger partial charge is 0.0181 e. The molecular formula is C14H16. The van der Waals surface area contributed by atoms with Crippen LogP contribution < -0.4 is 0 Å². The number of hydrogen-bond donors (Lipinski definition) is 0. The molecule has 0 aliphatic rings. The van der Waals surface area contributed by atoms with E-state index in [1.165, 1.54) is 22.8 Å². The second kappa shape index (κ2) is 3.83. The van der Waals surface area contributed by atoms with Crippen LogP contribution in [0, 0.1) is 0 Å². The molecule has 0 aromatic heterocycles. The van der Waals surface area contributed by atoms with Crippen LogP contribution in [0.25, 0.3) is 10.8 Å². The van der Waals surface area contributed by atoms with Gasteiger partial charge in [-0.25, -0.2) is 0 Å². The zero-order valence-corrected chi connectivity index (χ0v) is 8.83. The number of benzene rings is 2. The molecule has 14 heavy (non-hydrogen) atoms. The third-order valence-electron chi connectivity index (χ3n) is 2.95. The van der Waals surface area contributed by atoms with Crippen molar-refractivity contribution in [2.75, 3.05) is 0 Å². The van der Waals surface area contributed by atoms with E-state index in [1.54, 1.807) is 0 Å². The molecule has 0 heterocycles. The molecule has 0 aliphatic carbocycles. The minimum Gasteiger partial charge on any atom is -0.0648 e. The summed E-state index contributed by atoms with van der Waals surface area (Å²) in [5.41, 5.74) is 1.45. The van der Waals surface area contributed by atoms with E-state index in [0.29, 0.717) is 5.92 Å². The van der Waals surface area contributed by atoms with E-state index in [2.05, 4.69) is 56.3 Å². The maximum atomic E-state index is 2.31. The monoisotopic (exact) mass is 184 g/mol. The SMILES string of the molecule is CC[C@@H](C)c1ccc2ccccc2c1. The van der Waals surface area contributed by atoms with Crippen LogP contribution in [-0.4, -0.2) is 0 Å². The first kappa shape index (κ1) is 9.26. The lowest BCUT2D eigenvalue weighted by molar-refractivity contribution is 0.735. The summed E-state index contributed by atoms with van der Waals surface area (Å²) in [6, 6.07) is 15.3. The predicted molar refractivity (Wildman–Crippen MR) is 62.7 cm³/mol. The highest BCUT2D eigenvalue weighted by atomic mass is 14.1. The van der Waals surface area contributed by atoms with Gasteiger partial charge in [0.2, 0.25) is 0 Å². The molecule has 1 atom stereocenters. The molecule has 0 heteroatoms. The molecule has 72 valence electrons. The fourth-order valence-corrected chi connectivity index (χ4v) is 1.75. The first-order valence-corrected chi connectivity index (χ1v) is 5.30. The van der Waals surface area contributed by atoms with Crippen molar-refractivity contribution in [1.29, 1.82) is 0 Å². The van der Waals surface area contributed by atoms with Crippen molar-refractivity contribution >= 4 is 10.8 Å². The molecule has 0 aliphatic heterocycles. The zero-order chi connectivity index (χ0) is 9.97. The highest BCUT2D eigenvalue weighted by Crippen LogP contribution is 2.23. The Kier molecular flexibility index (Phi) is 2.53. The zero-order valence-electron chi connectivity index (χ0n) is 8.83. The Balaban J connectivity index is 2.51. The molecule has 0 unspecified atom stereocenters. The van der Waals surface area contributed by atoms with Crippen LogP contribution in [0.2, 0.25) is 0 Å². The second-order valence-corrected chi connectivity index (χ2v) is 3.92. The van der Waals surface area contributed by atoms with E-state index in [4.69, 9.17) is 0 Å². The van der Waals surface area contributed by atoms with Gasteiger partial charge in [0.1, 0.15) is 0 Å². The van der Waals surface area contributed by atoms with Gasteiger partial charge in [0.15, 0.2) is 0 Å². The summed E-state index contributed by atoms with van der Waals surface area (Å²) in [6.45, 7) is 4.52. The van der Waals surface area contributed by atoms with Crippen LogP contribution in [-0.2, 0) is 0 Å². The number of rotatable bonds is 2. The van der Waals surface area contributed by atoms with Crippen LogP contribution in [0.15, 0.2) is 42.5 Å². The van der Waals surface area contributed by atoms with Crippen molar-refractivity contribution in [2.24, 2.45) is 0 Å². The highest BCUT2D eigenvalue weighted by Gasteiger charge is 2.02. The van der Waals surface area contributed by atoms with Gasteiger partial charge in [-0.05, 0) is 28.7 Å². The highest BCUT2D eigenvalue weighted by molar-refractivity contribution is 5.83. The van der Waals surface area contributed by atoms with E-state index in [9.17, 15) is 0 Å². The molecule has 0 nitrogen and oxygen atoms in total. The summed E-state index contributed by atoms with van der Waals surface area (Å²) < 4.78 is 0. The second-order valence-electron chi connectivity index (χ2n) is 3.92. The minimum absolute atomic E-state index is 0.666. The molecular weight excluding hydrogens is 168 g/mol. The van der Waals surface area contributed by atoms with Crippen molar-refractivity contribution < 1.29 is 0 Å². The summed E-state index contributed by atoms with van der Waals surface area (Å²) in [7, 11) is 0. The lowest BCUT2D eigenvalue weighted by atomic mass is 9.96. The Morgan fingerprint density at radius 2 is 1.71 bits per heavy atom. The fourth-order valence-electron chi connectivity index (χ4n) is 1.75. The molecule has 2 rings (SSSR count). The molecule has 2 aromatic rings. The van der Waals surface area contributed by atoms with E-state index in [1.807, 2.05) is 0 Å². The summed E-state index contributed by atoms with van der Waals surface area (Å²) >= 11 is 0. The molecule has 0 N–H and O–H groups in total. The van der Waals surface area contributed by atoms with Crippen LogP contribution in [0.3, 0.4) is 0 Å². The Bertz CT molecular complexity index is 429. The van der Waals surface area contributed by atoms with E-state index < -0.39 is 0 Å². The van der Waals surface area contributed by atoms with Crippen molar-refractivity contribution in [3.63, 3.8) is 0 Å². The first-order chi connectivity index (χ1) is 6.81. The Hall–Kier alpha value is -1.30. The van der Waals surface area contributed by atoms with Gasteiger partial charge in [0.25, 0.3) is 0 Å². The molecule has 0 amide bonds. The normalized spacial score (nSPS) is 13.0.